The predicted molar refractivity (Wildman–Crippen MR) is 73.1 cm³/mol. The molecule has 2 N–H and O–H groups in total. The first-order valence-electron chi connectivity index (χ1n) is 6.60. The van der Waals surface area contributed by atoms with E-state index in [0.29, 0.717) is 6.61 Å². The summed E-state index contributed by atoms with van der Waals surface area (Å²) < 4.78 is 4.94. The molecular formula is C14H21N2O4. The van der Waals surface area contributed by atoms with Crippen molar-refractivity contribution in [3.8, 4) is 0 Å². The van der Waals surface area contributed by atoms with Crippen molar-refractivity contribution in [3.05, 3.63) is 31.6 Å². The van der Waals surface area contributed by atoms with Crippen molar-refractivity contribution < 1.29 is 19.4 Å². The fourth-order valence-corrected chi connectivity index (χ4v) is 1.85. The van der Waals surface area contributed by atoms with E-state index in [2.05, 4.69) is 5.43 Å². The molecule has 1 amide bonds. The largest absolute Gasteiger partial charge is 0.466 e. The maximum atomic E-state index is 11.6. The third kappa shape index (κ3) is 5.46. The van der Waals surface area contributed by atoms with Crippen LogP contribution in [0.25, 0.3) is 0 Å². The molecule has 1 unspecified atom stereocenters. The second-order valence-electron chi connectivity index (χ2n) is 4.30. The summed E-state index contributed by atoms with van der Waals surface area (Å²) in [6.45, 7) is 3.47. The Balaban J connectivity index is 2.64. The Bertz CT molecular complexity index is 316. The van der Waals surface area contributed by atoms with Crippen LogP contribution in [0.2, 0.25) is 0 Å². The number of nitrogens with one attached hydrogen (secondary N) is 1. The summed E-state index contributed by atoms with van der Waals surface area (Å²) in [6.07, 6.45) is 7.58. The molecule has 0 aliphatic heterocycles. The van der Waals surface area contributed by atoms with Crippen LogP contribution in [0.3, 0.4) is 0 Å². The Morgan fingerprint density at radius 1 is 1.40 bits per heavy atom. The highest BCUT2D eigenvalue weighted by Gasteiger charge is 2.30. The number of nitrogens with zero attached hydrogens (tertiary/aromatic N) is 1. The van der Waals surface area contributed by atoms with Gasteiger partial charge in [0.15, 0.2) is 0 Å². The van der Waals surface area contributed by atoms with Gasteiger partial charge in [-0.1, -0.05) is 0 Å². The van der Waals surface area contributed by atoms with Crippen molar-refractivity contribution in [1.82, 2.24) is 10.4 Å². The number of carbonyl (C=O) groups excluding carboxylic acids is 2. The molecule has 5 radical (unpaired) electrons. The zero-order chi connectivity index (χ0) is 15.0. The van der Waals surface area contributed by atoms with Gasteiger partial charge < -0.3 is 9.84 Å². The lowest BCUT2D eigenvalue weighted by molar-refractivity contribution is -0.145. The van der Waals surface area contributed by atoms with Crippen LogP contribution < -0.4 is 5.43 Å². The van der Waals surface area contributed by atoms with Crippen LogP contribution >= 0.6 is 0 Å². The molecule has 0 saturated heterocycles. The van der Waals surface area contributed by atoms with E-state index in [0.717, 1.165) is 5.92 Å². The predicted octanol–water partition coefficient (Wildman–Crippen LogP) is 0.0589. The molecule has 1 aliphatic carbocycles. The van der Waals surface area contributed by atoms with Crippen LogP contribution in [0.4, 0.5) is 0 Å². The maximum Gasteiger partial charge on any atom is 0.307 e. The van der Waals surface area contributed by atoms with Gasteiger partial charge in [0, 0.05) is 18.9 Å². The number of rotatable bonds is 8. The Labute approximate surface area is 120 Å². The van der Waals surface area contributed by atoms with Gasteiger partial charge >= 0.3 is 5.97 Å². The number of amides is 1. The Hall–Kier alpha value is -1.14. The standard InChI is InChI=1S/C14H21N2O4/c1-3-20-14(19)10-13(12-6-4-5-7-12)15-16(8-9-17)11(2)18/h4-7,13,15,17H,3,8-10H2,1-2H3. The van der Waals surface area contributed by atoms with Crippen LogP contribution in [0.15, 0.2) is 0 Å². The second-order valence-corrected chi connectivity index (χ2v) is 4.30. The van der Waals surface area contributed by atoms with Crippen LogP contribution in [-0.2, 0) is 14.3 Å². The molecule has 0 spiro atoms. The highest BCUT2D eigenvalue weighted by Crippen LogP contribution is 2.28. The highest BCUT2D eigenvalue weighted by atomic mass is 16.5. The number of aliphatic hydroxyl groups excluding tert-OH is 1. The topological polar surface area (TPSA) is 78.9 Å². The Kier molecular flexibility index (Phi) is 7.54. The van der Waals surface area contributed by atoms with Gasteiger partial charge in [0.1, 0.15) is 0 Å². The molecule has 1 rings (SSSR count). The molecule has 0 bridgehead atoms. The Morgan fingerprint density at radius 2 is 2.05 bits per heavy atom. The van der Waals surface area contributed by atoms with E-state index < -0.39 is 0 Å². The average molecular weight is 281 g/mol. The number of hydrazine groups is 1. The summed E-state index contributed by atoms with van der Waals surface area (Å²) in [7, 11) is 0. The lowest BCUT2D eigenvalue weighted by Crippen LogP contribution is -2.51. The van der Waals surface area contributed by atoms with E-state index in [1.165, 1.54) is 11.9 Å². The molecule has 1 saturated carbocycles. The van der Waals surface area contributed by atoms with Crippen LogP contribution in [-0.4, -0.2) is 47.8 Å². The number of esters is 1. The number of aliphatic hydroxyl groups is 1. The highest BCUT2D eigenvalue weighted by molar-refractivity contribution is 5.73. The molecule has 6 nitrogen and oxygen atoms in total. The van der Waals surface area contributed by atoms with Crippen molar-refractivity contribution >= 4 is 11.9 Å². The van der Waals surface area contributed by atoms with Crippen LogP contribution in [0.1, 0.15) is 20.3 Å². The van der Waals surface area contributed by atoms with Crippen LogP contribution in [0, 0.1) is 31.6 Å². The molecule has 0 aromatic heterocycles. The van der Waals surface area contributed by atoms with E-state index in [1.807, 2.05) is 25.7 Å². The minimum atomic E-state index is -0.362. The van der Waals surface area contributed by atoms with E-state index in [1.54, 1.807) is 6.92 Å². The minimum absolute atomic E-state index is 0.118. The zero-order valence-electron chi connectivity index (χ0n) is 11.8. The smallest absolute Gasteiger partial charge is 0.307 e. The fraction of sp³-hybridized carbons (Fsp3) is 0.500. The Morgan fingerprint density at radius 3 is 2.55 bits per heavy atom. The molecule has 1 atom stereocenters. The van der Waals surface area contributed by atoms with Crippen molar-refractivity contribution in [1.29, 1.82) is 0 Å². The molecule has 0 aromatic rings. The maximum absolute atomic E-state index is 11.6. The van der Waals surface area contributed by atoms with Gasteiger partial charge in [0.25, 0.3) is 0 Å². The number of hydrogen-bond donors (Lipinski definition) is 2. The molecule has 0 heterocycles. The van der Waals surface area contributed by atoms with E-state index >= 15 is 0 Å². The molecule has 1 fully saturated rings. The molecule has 0 aromatic carbocycles. The van der Waals surface area contributed by atoms with Gasteiger partial charge in [-0.3, -0.25) is 14.6 Å². The first-order valence-corrected chi connectivity index (χ1v) is 6.60. The fourth-order valence-electron chi connectivity index (χ4n) is 1.85. The lowest BCUT2D eigenvalue weighted by atomic mass is 9.96. The van der Waals surface area contributed by atoms with Crippen molar-refractivity contribution in [2.24, 2.45) is 0 Å². The number of ether oxygens (including phenoxy) is 1. The summed E-state index contributed by atoms with van der Waals surface area (Å²) in [6, 6.07) is -0.362. The van der Waals surface area contributed by atoms with Crippen molar-refractivity contribution in [2.75, 3.05) is 19.8 Å². The third-order valence-corrected chi connectivity index (χ3v) is 2.78. The van der Waals surface area contributed by atoms with Gasteiger partial charge in [-0.15, -0.1) is 0 Å². The monoisotopic (exact) mass is 281 g/mol. The van der Waals surface area contributed by atoms with Gasteiger partial charge in [-0.2, -0.15) is 0 Å². The molecule has 1 aliphatic rings. The molecule has 20 heavy (non-hydrogen) atoms. The zero-order valence-corrected chi connectivity index (χ0v) is 11.8. The summed E-state index contributed by atoms with van der Waals surface area (Å²) in [5.74, 6) is 0.334. The minimum Gasteiger partial charge on any atom is -0.466 e. The quantitative estimate of drug-likeness (QED) is 0.486. The van der Waals surface area contributed by atoms with E-state index in [4.69, 9.17) is 9.84 Å². The number of carbonyl (C=O) groups is 2. The summed E-state index contributed by atoms with van der Waals surface area (Å²) in [4.78, 5) is 23.1. The normalized spacial score (nSPS) is 16.9. The number of hydrogen-bond acceptors (Lipinski definition) is 5. The molecular weight excluding hydrogens is 260 g/mol. The van der Waals surface area contributed by atoms with E-state index in [9.17, 15) is 9.59 Å². The first kappa shape index (κ1) is 16.9. The summed E-state index contributed by atoms with van der Waals surface area (Å²) in [5, 5.41) is 10.3. The van der Waals surface area contributed by atoms with Gasteiger partial charge in [0.2, 0.25) is 5.91 Å². The van der Waals surface area contributed by atoms with Crippen LogP contribution in [0.5, 0.6) is 0 Å². The van der Waals surface area contributed by atoms with Gasteiger partial charge in [-0.25, -0.2) is 5.43 Å². The van der Waals surface area contributed by atoms with E-state index in [-0.39, 0.29) is 37.5 Å². The van der Waals surface area contributed by atoms with Crippen molar-refractivity contribution in [3.63, 3.8) is 0 Å². The third-order valence-electron chi connectivity index (χ3n) is 2.78. The van der Waals surface area contributed by atoms with Crippen molar-refractivity contribution in [2.45, 2.75) is 26.3 Å². The first-order chi connectivity index (χ1) is 9.58. The molecule has 6 heteroatoms. The SMILES string of the molecule is CCOC(=O)CC(NN(CCO)C(C)=O)[C]1[CH][CH][CH][CH]1. The lowest BCUT2D eigenvalue weighted by Gasteiger charge is -2.30. The summed E-state index contributed by atoms with van der Waals surface area (Å²) >= 11 is 0. The molecule has 111 valence electrons. The summed E-state index contributed by atoms with van der Waals surface area (Å²) in [5.41, 5.74) is 2.97. The van der Waals surface area contributed by atoms with Gasteiger partial charge in [-0.05, 0) is 32.6 Å². The van der Waals surface area contributed by atoms with Gasteiger partial charge in [0.05, 0.1) is 26.2 Å². The average Bonchev–Trinajstić information content (AvgIpc) is 2.91. The second kappa shape index (κ2) is 8.92.